The van der Waals surface area contributed by atoms with Crippen molar-refractivity contribution in [1.82, 2.24) is 0 Å². The maximum atomic E-state index is 10.2. The van der Waals surface area contributed by atoms with Gasteiger partial charge in [0, 0.05) is 14.5 Å². The SMILES string of the molecule is C#CC#CC#CC#CC.CC(C)=CCCC(C)C=O.O.[HH].[HH].[HH].[HH].[HH].[HH]. The predicted octanol–water partition coefficient (Wildman–Crippen LogP) is 3.87. The van der Waals surface area contributed by atoms with Crippen LogP contribution in [0.2, 0.25) is 0 Å². The summed E-state index contributed by atoms with van der Waals surface area (Å²) in [5.74, 6) is 17.2. The van der Waals surface area contributed by atoms with Crippen LogP contribution in [0, 0.1) is 53.8 Å². The lowest BCUT2D eigenvalue weighted by atomic mass is 10.1. The average Bonchev–Trinajstić information content (AvgIpc) is 2.39. The second kappa shape index (κ2) is 19.0. The Morgan fingerprint density at radius 3 is 2.20 bits per heavy atom. The Morgan fingerprint density at radius 2 is 1.75 bits per heavy atom. The highest BCUT2D eigenvalue weighted by molar-refractivity contribution is 5.52. The number of hydrogen-bond acceptors (Lipinski definition) is 1. The standard InChI is InChI=1S/C9H16O.C9H4.H2O.6H2/c1-8(2)5-4-6-9(3)7-10;1-3-5-7-9-8-6-4-2;;;;;;;/h5,7,9H,4,6H2,1-3H3;1H,2H3;1H2;6*1H. The van der Waals surface area contributed by atoms with Crippen molar-refractivity contribution >= 4 is 6.29 Å². The second-order valence-electron chi connectivity index (χ2n) is 3.99. The third-order valence-corrected chi connectivity index (χ3v) is 1.85. The number of allylic oxidation sites excluding steroid dienone is 2. The summed E-state index contributed by atoms with van der Waals surface area (Å²) in [5.41, 5.74) is 1.33. The maximum Gasteiger partial charge on any atom is 0.122 e. The van der Waals surface area contributed by atoms with Gasteiger partial charge in [-0.05, 0) is 69.1 Å². The number of carbonyl (C=O) groups excluding carboxylic acids is 1. The summed E-state index contributed by atoms with van der Waals surface area (Å²) in [6.07, 6.45) is 10.0. The Morgan fingerprint density at radius 1 is 1.20 bits per heavy atom. The first-order valence-electron chi connectivity index (χ1n) is 6.04. The fraction of sp³-hybridized carbons (Fsp3) is 0.389. The summed E-state index contributed by atoms with van der Waals surface area (Å²) in [6.45, 7) is 7.81. The molecule has 0 aromatic rings. The first kappa shape index (κ1) is 22.8. The van der Waals surface area contributed by atoms with Crippen molar-refractivity contribution in [3.05, 3.63) is 11.6 Å². The van der Waals surface area contributed by atoms with Crippen LogP contribution in [0.15, 0.2) is 11.6 Å². The summed E-state index contributed by atoms with van der Waals surface area (Å²) < 4.78 is 0. The zero-order chi connectivity index (χ0) is 14.9. The van der Waals surface area contributed by atoms with E-state index in [1.807, 2.05) is 6.92 Å². The van der Waals surface area contributed by atoms with Crippen molar-refractivity contribution in [3.63, 3.8) is 0 Å². The van der Waals surface area contributed by atoms with Gasteiger partial charge in [-0.3, -0.25) is 0 Å². The fourth-order valence-corrected chi connectivity index (χ4v) is 0.895. The van der Waals surface area contributed by atoms with Crippen molar-refractivity contribution in [2.24, 2.45) is 5.92 Å². The van der Waals surface area contributed by atoms with E-state index >= 15 is 0 Å². The minimum absolute atomic E-state index is 0. The van der Waals surface area contributed by atoms with E-state index in [4.69, 9.17) is 6.42 Å². The summed E-state index contributed by atoms with van der Waals surface area (Å²) in [6, 6.07) is 0. The summed E-state index contributed by atoms with van der Waals surface area (Å²) in [5, 5.41) is 0. The van der Waals surface area contributed by atoms with Gasteiger partial charge in [0.25, 0.3) is 0 Å². The van der Waals surface area contributed by atoms with E-state index in [-0.39, 0.29) is 20.0 Å². The molecule has 0 aromatic carbocycles. The van der Waals surface area contributed by atoms with Gasteiger partial charge < -0.3 is 10.3 Å². The van der Waals surface area contributed by atoms with Crippen LogP contribution in [0.25, 0.3) is 0 Å². The quantitative estimate of drug-likeness (QED) is 0.438. The summed E-state index contributed by atoms with van der Waals surface area (Å²) >= 11 is 0. The number of aldehydes is 1. The van der Waals surface area contributed by atoms with Crippen LogP contribution in [0.3, 0.4) is 0 Å². The van der Waals surface area contributed by atoms with Gasteiger partial charge in [-0.25, -0.2) is 0 Å². The van der Waals surface area contributed by atoms with E-state index in [0.29, 0.717) is 0 Å². The van der Waals surface area contributed by atoms with Crippen LogP contribution in [0.5, 0.6) is 0 Å². The molecule has 2 heteroatoms. The van der Waals surface area contributed by atoms with Crippen molar-refractivity contribution in [3.8, 4) is 47.9 Å². The summed E-state index contributed by atoms with van der Waals surface area (Å²) in [7, 11) is 0. The molecule has 0 radical (unpaired) electrons. The molecule has 2 N–H and O–H groups in total. The molecule has 0 heterocycles. The molecule has 0 amide bonds. The Bertz CT molecular complexity index is 516. The lowest BCUT2D eigenvalue weighted by Crippen LogP contribution is -1.93. The highest BCUT2D eigenvalue weighted by Crippen LogP contribution is 2.04. The van der Waals surface area contributed by atoms with Crippen LogP contribution in [-0.2, 0) is 4.79 Å². The van der Waals surface area contributed by atoms with E-state index in [1.54, 1.807) is 6.92 Å². The lowest BCUT2D eigenvalue weighted by Gasteiger charge is -1.98. The smallest absolute Gasteiger partial charge is 0.122 e. The van der Waals surface area contributed by atoms with E-state index in [2.05, 4.69) is 61.4 Å². The molecule has 0 aliphatic heterocycles. The Kier molecular flexibility index (Phi) is 21.6. The van der Waals surface area contributed by atoms with E-state index in [1.165, 1.54) is 5.57 Å². The molecule has 0 aliphatic carbocycles. The highest BCUT2D eigenvalue weighted by atomic mass is 16.1. The molecule has 0 bridgehead atoms. The predicted molar refractivity (Wildman–Crippen MR) is 98.0 cm³/mol. The van der Waals surface area contributed by atoms with E-state index in [0.717, 1.165) is 19.1 Å². The Labute approximate surface area is 132 Å². The van der Waals surface area contributed by atoms with Crippen LogP contribution < -0.4 is 0 Å². The zero-order valence-electron chi connectivity index (χ0n) is 12.6. The Hall–Kier alpha value is -2.39. The fourth-order valence-electron chi connectivity index (χ4n) is 0.895. The molecular weight excluding hydrogens is 248 g/mol. The number of rotatable bonds is 4. The second-order valence-corrected chi connectivity index (χ2v) is 3.99. The van der Waals surface area contributed by atoms with Gasteiger partial charge in [-0.2, -0.15) is 0 Å². The highest BCUT2D eigenvalue weighted by Gasteiger charge is 1.95. The van der Waals surface area contributed by atoms with Gasteiger partial charge in [-0.1, -0.05) is 24.5 Å². The third kappa shape index (κ3) is 24.7. The van der Waals surface area contributed by atoms with Crippen molar-refractivity contribution < 1.29 is 18.8 Å². The number of terminal acetylenes is 1. The van der Waals surface area contributed by atoms with Crippen molar-refractivity contribution in [2.75, 3.05) is 0 Å². The van der Waals surface area contributed by atoms with Crippen molar-refractivity contribution in [1.29, 1.82) is 0 Å². The molecule has 0 aliphatic rings. The first-order chi connectivity index (χ1) is 9.08. The minimum atomic E-state index is 0. The van der Waals surface area contributed by atoms with Crippen LogP contribution in [-0.4, -0.2) is 11.8 Å². The van der Waals surface area contributed by atoms with E-state index in [9.17, 15) is 4.79 Å². The van der Waals surface area contributed by atoms with Gasteiger partial charge in [0.1, 0.15) is 6.29 Å². The maximum absolute atomic E-state index is 10.2. The molecule has 0 saturated carbocycles. The van der Waals surface area contributed by atoms with Crippen molar-refractivity contribution in [2.45, 2.75) is 40.5 Å². The van der Waals surface area contributed by atoms with Gasteiger partial charge in [0.05, 0.1) is 0 Å². The minimum Gasteiger partial charge on any atom is -0.412 e. The molecule has 0 saturated heterocycles. The monoisotopic (exact) mass is 282 g/mol. The Balaban J connectivity index is -0.0000000251. The van der Waals surface area contributed by atoms with Crippen LogP contribution in [0.4, 0.5) is 0 Å². The molecule has 0 spiro atoms. The molecule has 1 atom stereocenters. The first-order valence-corrected chi connectivity index (χ1v) is 6.04. The number of hydrogen-bond donors (Lipinski definition) is 0. The normalized spacial score (nSPS) is 7.75. The van der Waals surface area contributed by atoms with Gasteiger partial charge >= 0.3 is 0 Å². The molecule has 2 nitrogen and oxygen atoms in total. The molecule has 20 heavy (non-hydrogen) atoms. The third-order valence-electron chi connectivity index (χ3n) is 1.85. The summed E-state index contributed by atoms with van der Waals surface area (Å²) in [4.78, 5) is 10.2. The average molecular weight is 282 g/mol. The van der Waals surface area contributed by atoms with E-state index < -0.39 is 0 Å². The molecular formula is C18H34O2. The topological polar surface area (TPSA) is 48.6 Å². The van der Waals surface area contributed by atoms with Gasteiger partial charge in [0.15, 0.2) is 0 Å². The van der Waals surface area contributed by atoms with Crippen LogP contribution >= 0.6 is 0 Å². The largest absolute Gasteiger partial charge is 0.412 e. The molecule has 0 rings (SSSR count). The molecule has 0 fully saturated rings. The van der Waals surface area contributed by atoms with Gasteiger partial charge in [0.2, 0.25) is 0 Å². The van der Waals surface area contributed by atoms with Crippen LogP contribution in [0.1, 0.15) is 49.1 Å². The number of carbonyl (C=O) groups is 1. The lowest BCUT2D eigenvalue weighted by molar-refractivity contribution is -0.110. The molecule has 1 unspecified atom stereocenters. The molecule has 0 aromatic heterocycles. The van der Waals surface area contributed by atoms with Gasteiger partial charge in [-0.15, -0.1) is 6.42 Å². The zero-order valence-corrected chi connectivity index (χ0v) is 12.6. The molecule has 118 valence electrons.